The van der Waals surface area contributed by atoms with Crippen molar-refractivity contribution >= 4 is 33.2 Å². The molecule has 0 fully saturated rings. The summed E-state index contributed by atoms with van der Waals surface area (Å²) in [6.07, 6.45) is 0.953. The summed E-state index contributed by atoms with van der Waals surface area (Å²) < 4.78 is 2.36. The van der Waals surface area contributed by atoms with E-state index in [1.165, 1.54) is 49.7 Å². The minimum atomic E-state index is 0.953. The van der Waals surface area contributed by atoms with Crippen molar-refractivity contribution in [3.05, 3.63) is 163 Å². The fourth-order valence-corrected chi connectivity index (χ4v) is 5.72. The van der Waals surface area contributed by atoms with Crippen LogP contribution in [0.5, 0.6) is 0 Å². The molecule has 6 aromatic carbocycles. The fourth-order valence-electron chi connectivity index (χ4n) is 5.72. The van der Waals surface area contributed by atoms with Gasteiger partial charge in [0.1, 0.15) is 0 Å². The van der Waals surface area contributed by atoms with Crippen molar-refractivity contribution in [2.24, 2.45) is 0 Å². The van der Waals surface area contributed by atoms with Crippen LogP contribution in [0, 0.1) is 0 Å². The molecular weight excluding hydrogens is 484 g/mol. The van der Waals surface area contributed by atoms with Gasteiger partial charge in [0.05, 0.1) is 11.0 Å². The van der Waals surface area contributed by atoms with E-state index in [2.05, 4.69) is 168 Å². The van der Waals surface area contributed by atoms with E-state index in [0.717, 1.165) is 17.8 Å². The summed E-state index contributed by atoms with van der Waals surface area (Å²) in [7, 11) is 2.14. The Kier molecular flexibility index (Phi) is 6.14. The minimum Gasteiger partial charge on any atom is -0.345 e. The molecule has 7 aromatic rings. The quantitative estimate of drug-likeness (QED) is 0.214. The molecule has 0 N–H and O–H groups in total. The van der Waals surface area contributed by atoms with Gasteiger partial charge in [0.25, 0.3) is 0 Å². The molecule has 1 heterocycles. The number of benzene rings is 6. The highest BCUT2D eigenvalue weighted by Crippen LogP contribution is 2.33. The first-order valence-corrected chi connectivity index (χ1v) is 13.8. The van der Waals surface area contributed by atoms with Crippen LogP contribution in [0.25, 0.3) is 38.6 Å². The van der Waals surface area contributed by atoms with E-state index in [-0.39, 0.29) is 0 Å². The van der Waals surface area contributed by atoms with Crippen molar-refractivity contribution in [1.82, 2.24) is 4.57 Å². The highest BCUT2D eigenvalue weighted by Gasteiger charge is 2.12. The lowest BCUT2D eigenvalue weighted by Crippen LogP contribution is -2.09. The zero-order valence-electron chi connectivity index (χ0n) is 22.5. The molecule has 0 aliphatic heterocycles. The van der Waals surface area contributed by atoms with Crippen molar-refractivity contribution in [3.8, 4) is 16.8 Å². The Bertz CT molecular complexity index is 1860. The third kappa shape index (κ3) is 4.44. The van der Waals surface area contributed by atoms with Crippen LogP contribution in [0.4, 0.5) is 11.4 Å². The van der Waals surface area contributed by atoms with Gasteiger partial charge in [-0.2, -0.15) is 0 Å². The van der Waals surface area contributed by atoms with Gasteiger partial charge in [0, 0.05) is 34.9 Å². The van der Waals surface area contributed by atoms with Crippen LogP contribution in [0.2, 0.25) is 0 Å². The first-order valence-electron chi connectivity index (χ1n) is 13.8. The molecule has 40 heavy (non-hydrogen) atoms. The summed E-state index contributed by atoms with van der Waals surface area (Å²) in [5.41, 5.74) is 11.1. The summed E-state index contributed by atoms with van der Waals surface area (Å²) in [5, 5.41) is 2.56. The highest BCUT2D eigenvalue weighted by molar-refractivity contribution is 6.09. The molecule has 0 atom stereocenters. The summed E-state index contributed by atoms with van der Waals surface area (Å²) in [6, 6.07) is 54.5. The number of rotatable bonds is 6. The second-order valence-electron chi connectivity index (χ2n) is 10.4. The SMILES string of the molecule is CN(c1ccc(-n2c3ccccc3c3ccccc32)cc1)c1cccc(-c2ccc(Cc3ccccc3)cc2)c1. The number of hydrogen-bond donors (Lipinski definition) is 0. The Morgan fingerprint density at radius 3 is 1.75 bits per heavy atom. The Balaban J connectivity index is 1.15. The van der Waals surface area contributed by atoms with Crippen LogP contribution in [-0.2, 0) is 6.42 Å². The molecule has 0 spiro atoms. The zero-order valence-corrected chi connectivity index (χ0v) is 22.5. The van der Waals surface area contributed by atoms with Crippen molar-refractivity contribution in [2.45, 2.75) is 6.42 Å². The third-order valence-corrected chi connectivity index (χ3v) is 7.85. The van der Waals surface area contributed by atoms with E-state index < -0.39 is 0 Å². The molecule has 0 unspecified atom stereocenters. The minimum absolute atomic E-state index is 0.953. The molecule has 0 saturated carbocycles. The molecule has 0 aliphatic carbocycles. The average molecular weight is 515 g/mol. The topological polar surface area (TPSA) is 8.17 Å². The number of aromatic nitrogens is 1. The van der Waals surface area contributed by atoms with Crippen LogP contribution < -0.4 is 4.90 Å². The number of nitrogens with zero attached hydrogens (tertiary/aromatic N) is 2. The van der Waals surface area contributed by atoms with Crippen molar-refractivity contribution in [1.29, 1.82) is 0 Å². The van der Waals surface area contributed by atoms with Gasteiger partial charge in [0.15, 0.2) is 0 Å². The molecule has 7 rings (SSSR count). The lowest BCUT2D eigenvalue weighted by Gasteiger charge is -2.21. The number of fused-ring (bicyclic) bond motifs is 3. The summed E-state index contributed by atoms with van der Waals surface area (Å²) in [6.45, 7) is 0. The van der Waals surface area contributed by atoms with E-state index in [4.69, 9.17) is 0 Å². The summed E-state index contributed by atoms with van der Waals surface area (Å²) >= 11 is 0. The van der Waals surface area contributed by atoms with E-state index in [1.54, 1.807) is 0 Å². The molecule has 0 saturated heterocycles. The van der Waals surface area contributed by atoms with E-state index in [9.17, 15) is 0 Å². The van der Waals surface area contributed by atoms with E-state index in [0.29, 0.717) is 0 Å². The Morgan fingerprint density at radius 1 is 0.475 bits per heavy atom. The zero-order chi connectivity index (χ0) is 26.9. The third-order valence-electron chi connectivity index (χ3n) is 7.85. The maximum absolute atomic E-state index is 2.36. The van der Waals surface area contributed by atoms with Crippen molar-refractivity contribution < 1.29 is 0 Å². The maximum atomic E-state index is 2.36. The first-order chi connectivity index (χ1) is 19.7. The molecule has 0 bridgehead atoms. The normalized spacial score (nSPS) is 11.2. The molecule has 0 radical (unpaired) electrons. The predicted octanol–water partition coefficient (Wildman–Crippen LogP) is 9.81. The van der Waals surface area contributed by atoms with Crippen molar-refractivity contribution in [3.63, 3.8) is 0 Å². The lowest BCUT2D eigenvalue weighted by molar-refractivity contribution is 1.16. The monoisotopic (exact) mass is 514 g/mol. The van der Waals surface area contributed by atoms with Gasteiger partial charge in [0.2, 0.25) is 0 Å². The number of hydrogen-bond acceptors (Lipinski definition) is 1. The Morgan fingerprint density at radius 2 is 1.07 bits per heavy atom. The largest absolute Gasteiger partial charge is 0.345 e. The standard InChI is InChI=1S/C38H30N2/c1-39(34-13-9-12-31(27-34)30-20-18-29(19-21-30)26-28-10-3-2-4-11-28)32-22-24-33(25-23-32)40-37-16-7-5-14-35(37)36-15-6-8-17-38(36)40/h2-25,27H,26H2,1H3. The molecule has 2 nitrogen and oxygen atoms in total. The van der Waals surface area contributed by atoms with Gasteiger partial charge in [-0.1, -0.05) is 103 Å². The van der Waals surface area contributed by atoms with Gasteiger partial charge in [-0.05, 0) is 77.2 Å². The molecule has 0 aliphatic rings. The number of para-hydroxylation sites is 2. The predicted molar refractivity (Wildman–Crippen MR) is 170 cm³/mol. The van der Waals surface area contributed by atoms with Gasteiger partial charge in [-0.3, -0.25) is 0 Å². The molecular formula is C38H30N2. The Labute approximate surface area is 235 Å². The summed E-state index contributed by atoms with van der Waals surface area (Å²) in [5.74, 6) is 0. The van der Waals surface area contributed by atoms with Crippen molar-refractivity contribution in [2.75, 3.05) is 11.9 Å². The Hall–Kier alpha value is -5.08. The van der Waals surface area contributed by atoms with E-state index >= 15 is 0 Å². The molecule has 192 valence electrons. The van der Waals surface area contributed by atoms with Gasteiger partial charge < -0.3 is 9.47 Å². The average Bonchev–Trinajstić information content (AvgIpc) is 3.36. The molecule has 2 heteroatoms. The highest BCUT2D eigenvalue weighted by atomic mass is 15.1. The second-order valence-corrected chi connectivity index (χ2v) is 10.4. The van der Waals surface area contributed by atoms with Crippen LogP contribution in [0.15, 0.2) is 152 Å². The van der Waals surface area contributed by atoms with Crippen LogP contribution in [-0.4, -0.2) is 11.6 Å². The second kappa shape index (κ2) is 10.2. The molecule has 0 amide bonds. The fraction of sp³-hybridized carbons (Fsp3) is 0.0526. The van der Waals surface area contributed by atoms with Crippen LogP contribution in [0.1, 0.15) is 11.1 Å². The smallest absolute Gasteiger partial charge is 0.0541 e. The van der Waals surface area contributed by atoms with Gasteiger partial charge in [-0.15, -0.1) is 0 Å². The van der Waals surface area contributed by atoms with E-state index in [1.807, 2.05) is 0 Å². The number of anilines is 2. The van der Waals surface area contributed by atoms with Crippen LogP contribution >= 0.6 is 0 Å². The summed E-state index contributed by atoms with van der Waals surface area (Å²) in [4.78, 5) is 2.25. The lowest BCUT2D eigenvalue weighted by atomic mass is 10.00. The van der Waals surface area contributed by atoms with Gasteiger partial charge >= 0.3 is 0 Å². The first kappa shape index (κ1) is 24.0. The maximum Gasteiger partial charge on any atom is 0.0541 e. The van der Waals surface area contributed by atoms with Gasteiger partial charge in [-0.25, -0.2) is 0 Å². The molecule has 1 aromatic heterocycles. The van der Waals surface area contributed by atoms with Crippen LogP contribution in [0.3, 0.4) is 0 Å².